The van der Waals surface area contributed by atoms with E-state index in [0.717, 1.165) is 0 Å². The first-order valence-electron chi connectivity index (χ1n) is 11.8. The maximum atomic E-state index is 13.1. The Morgan fingerprint density at radius 2 is 1.97 bits per heavy atom. The highest BCUT2D eigenvalue weighted by atomic mass is 28.2. The van der Waals surface area contributed by atoms with Gasteiger partial charge in [-0.3, -0.25) is 9.59 Å². The fraction of sp³-hybridized carbons (Fsp3) is 0.792. The molecule has 2 rings (SSSR count). The van der Waals surface area contributed by atoms with Gasteiger partial charge in [-0.05, 0) is 23.7 Å². The van der Waals surface area contributed by atoms with E-state index in [9.17, 15) is 14.4 Å². The minimum Gasteiger partial charge on any atom is -0.445 e. The number of hydrogen-bond donors (Lipinski definition) is 1. The van der Waals surface area contributed by atoms with E-state index in [2.05, 4.69) is 46.5 Å². The Bertz CT molecular complexity index is 737. The van der Waals surface area contributed by atoms with Crippen molar-refractivity contribution in [2.24, 2.45) is 23.2 Å². The highest BCUT2D eigenvalue weighted by Gasteiger charge is 2.60. The first kappa shape index (κ1) is 27.5. The number of hydrogen-bond acceptors (Lipinski definition) is 6. The molecule has 0 aromatic rings. The van der Waals surface area contributed by atoms with Crippen molar-refractivity contribution in [3.8, 4) is 0 Å². The van der Waals surface area contributed by atoms with E-state index < -0.39 is 11.7 Å². The zero-order valence-electron chi connectivity index (χ0n) is 21.3. The summed E-state index contributed by atoms with van der Waals surface area (Å²) >= 11 is 0. The summed E-state index contributed by atoms with van der Waals surface area (Å²) in [4.78, 5) is 39.9. The number of Topliss-reactive ketones (excluding diaryl/α,β-unsaturated/α-hetero) is 1. The normalized spacial score (nSPS) is 27.1. The monoisotopic (exact) mass is 482 g/mol. The quantitative estimate of drug-likeness (QED) is 0.274. The number of carbonyl (C=O) groups is 3. The molecule has 0 saturated carbocycles. The summed E-state index contributed by atoms with van der Waals surface area (Å²) in [7, 11) is 2.10. The highest BCUT2D eigenvalue weighted by Crippen LogP contribution is 2.49. The maximum absolute atomic E-state index is 13.1. The van der Waals surface area contributed by atoms with Gasteiger partial charge in [-0.2, -0.15) is 0 Å². The summed E-state index contributed by atoms with van der Waals surface area (Å²) in [6, 6.07) is -0.450. The molecule has 2 unspecified atom stereocenters. The molecule has 0 aromatic heterocycles. The van der Waals surface area contributed by atoms with Gasteiger partial charge in [-0.25, -0.2) is 4.79 Å². The summed E-state index contributed by atoms with van der Waals surface area (Å²) in [6.45, 7) is 15.1. The average molecular weight is 483 g/mol. The number of rotatable bonds is 11. The van der Waals surface area contributed by atoms with Crippen LogP contribution in [0.4, 0.5) is 4.79 Å². The number of nitrogens with zero attached hydrogens (tertiary/aromatic N) is 1. The van der Waals surface area contributed by atoms with E-state index in [1.54, 1.807) is 12.0 Å². The molecular weight excluding hydrogens is 440 g/mol. The molecule has 0 aliphatic carbocycles. The van der Waals surface area contributed by atoms with Gasteiger partial charge in [-0.1, -0.05) is 47.3 Å². The Hall–Kier alpha value is -1.71. The van der Waals surface area contributed by atoms with Crippen LogP contribution < -0.4 is 5.32 Å². The van der Waals surface area contributed by atoms with Crippen molar-refractivity contribution in [2.75, 3.05) is 26.9 Å². The lowest BCUT2D eigenvalue weighted by atomic mass is 9.58. The number of β-lactam (4-membered cyclic amide) rings is 1. The summed E-state index contributed by atoms with van der Waals surface area (Å²) in [5.41, 5.74) is -0.877. The lowest BCUT2D eigenvalue weighted by molar-refractivity contribution is -0.173. The van der Waals surface area contributed by atoms with Crippen molar-refractivity contribution in [3.05, 3.63) is 12.7 Å². The fourth-order valence-electron chi connectivity index (χ4n) is 6.08. The SMILES string of the molecule is C=CCOC(=O)N1CCC(CC(=O)C[C@H]2NC(=O)[C@@H]2[C@](O[SiH3])(C(C)C)C(C)(C)C)C1COC. The summed E-state index contributed by atoms with van der Waals surface area (Å²) < 4.78 is 16.7. The Balaban J connectivity index is 2.09. The van der Waals surface area contributed by atoms with Crippen molar-refractivity contribution in [1.82, 2.24) is 10.2 Å². The molecule has 33 heavy (non-hydrogen) atoms. The zero-order valence-corrected chi connectivity index (χ0v) is 23.3. The molecule has 5 atom stereocenters. The van der Waals surface area contributed by atoms with Crippen LogP contribution in [0.5, 0.6) is 0 Å². The van der Waals surface area contributed by atoms with Crippen LogP contribution in [0.15, 0.2) is 12.7 Å². The van der Waals surface area contributed by atoms with Crippen molar-refractivity contribution in [1.29, 1.82) is 0 Å². The van der Waals surface area contributed by atoms with Crippen LogP contribution in [0.3, 0.4) is 0 Å². The van der Waals surface area contributed by atoms with E-state index in [1.807, 2.05) is 0 Å². The molecule has 188 valence electrons. The van der Waals surface area contributed by atoms with Crippen LogP contribution in [0, 0.1) is 23.2 Å². The van der Waals surface area contributed by atoms with E-state index in [-0.39, 0.29) is 60.0 Å². The van der Waals surface area contributed by atoms with Gasteiger partial charge in [0.1, 0.15) is 22.9 Å². The Labute approximate surface area is 201 Å². The molecule has 0 bridgehead atoms. The maximum Gasteiger partial charge on any atom is 0.410 e. The van der Waals surface area contributed by atoms with Gasteiger partial charge in [0.25, 0.3) is 0 Å². The largest absolute Gasteiger partial charge is 0.445 e. The smallest absolute Gasteiger partial charge is 0.410 e. The number of methoxy groups -OCH3 is 1. The Morgan fingerprint density at radius 3 is 2.45 bits per heavy atom. The Kier molecular flexibility index (Phi) is 9.29. The molecular formula is C24H42N2O6Si. The molecule has 2 aliphatic rings. The van der Waals surface area contributed by atoms with Gasteiger partial charge in [0.2, 0.25) is 5.91 Å². The lowest BCUT2D eigenvalue weighted by Gasteiger charge is -2.57. The average Bonchev–Trinajstić information content (AvgIpc) is 3.10. The minimum atomic E-state index is -0.621. The summed E-state index contributed by atoms with van der Waals surface area (Å²) in [6.07, 6.45) is 2.44. The third kappa shape index (κ3) is 5.52. The predicted molar refractivity (Wildman–Crippen MR) is 130 cm³/mol. The van der Waals surface area contributed by atoms with E-state index in [0.29, 0.717) is 36.5 Å². The second-order valence-electron chi connectivity index (χ2n) is 10.6. The summed E-state index contributed by atoms with van der Waals surface area (Å²) in [5, 5.41) is 2.96. The van der Waals surface area contributed by atoms with E-state index in [1.165, 1.54) is 6.08 Å². The summed E-state index contributed by atoms with van der Waals surface area (Å²) in [5.74, 6) is -0.198. The van der Waals surface area contributed by atoms with Gasteiger partial charge in [0, 0.05) is 26.5 Å². The van der Waals surface area contributed by atoms with Crippen LogP contribution in [0.1, 0.15) is 53.9 Å². The Morgan fingerprint density at radius 1 is 1.30 bits per heavy atom. The molecule has 2 saturated heterocycles. The van der Waals surface area contributed by atoms with Crippen molar-refractivity contribution < 1.29 is 28.3 Å². The van der Waals surface area contributed by atoms with Gasteiger partial charge < -0.3 is 24.1 Å². The van der Waals surface area contributed by atoms with Crippen LogP contribution in [-0.4, -0.2) is 77.7 Å². The minimum absolute atomic E-state index is 0.00439. The predicted octanol–water partition coefficient (Wildman–Crippen LogP) is 1.85. The van der Waals surface area contributed by atoms with E-state index in [4.69, 9.17) is 13.9 Å². The number of nitrogens with one attached hydrogen (secondary N) is 1. The molecule has 2 amide bonds. The molecule has 2 heterocycles. The van der Waals surface area contributed by atoms with Crippen molar-refractivity contribution in [2.45, 2.75) is 71.6 Å². The molecule has 9 heteroatoms. The lowest BCUT2D eigenvalue weighted by Crippen LogP contribution is -2.72. The van der Waals surface area contributed by atoms with E-state index >= 15 is 0 Å². The van der Waals surface area contributed by atoms with Crippen molar-refractivity contribution in [3.63, 3.8) is 0 Å². The van der Waals surface area contributed by atoms with Gasteiger partial charge in [0.15, 0.2) is 0 Å². The van der Waals surface area contributed by atoms with Crippen LogP contribution in [0.25, 0.3) is 0 Å². The number of likely N-dealkylation sites (tertiary alicyclic amines) is 1. The number of carbonyl (C=O) groups excluding carboxylic acids is 3. The van der Waals surface area contributed by atoms with Crippen LogP contribution >= 0.6 is 0 Å². The molecule has 2 aliphatic heterocycles. The fourth-order valence-corrected chi connectivity index (χ4v) is 7.42. The van der Waals surface area contributed by atoms with Crippen LogP contribution in [0.2, 0.25) is 0 Å². The highest BCUT2D eigenvalue weighted by molar-refractivity contribution is 5.99. The van der Waals surface area contributed by atoms with Gasteiger partial charge >= 0.3 is 6.09 Å². The standard InChI is InChI=1S/C24H42N2O6Si/c1-8-11-31-22(29)26-10-9-16(19(26)14-30-7)12-17(27)13-18-20(21(28)25-18)24(32-33,15(2)3)23(4,5)6/h8,15-16,18-20H,1,9-14H2,2-7,33H3,(H,25,28)/t16?,18-,19?,20-,24-/m1/s1. The molecule has 0 aromatic carbocycles. The second-order valence-corrected chi connectivity index (χ2v) is 11.0. The molecule has 8 nitrogen and oxygen atoms in total. The van der Waals surface area contributed by atoms with Crippen LogP contribution in [-0.2, 0) is 23.5 Å². The molecule has 2 fully saturated rings. The van der Waals surface area contributed by atoms with Crippen molar-refractivity contribution >= 4 is 28.3 Å². The van der Waals surface area contributed by atoms with Gasteiger partial charge in [-0.15, -0.1) is 0 Å². The molecule has 0 radical (unpaired) electrons. The third-order valence-corrected chi connectivity index (χ3v) is 8.04. The number of ketones is 1. The third-order valence-electron chi connectivity index (χ3n) is 7.36. The molecule has 0 spiro atoms. The topological polar surface area (TPSA) is 94.2 Å². The number of amides is 2. The van der Waals surface area contributed by atoms with Gasteiger partial charge in [0.05, 0.1) is 30.2 Å². The second kappa shape index (κ2) is 11.1. The number of ether oxygens (including phenoxy) is 2. The first-order valence-corrected chi connectivity index (χ1v) is 12.7. The zero-order chi connectivity index (χ0) is 25.0. The molecule has 1 N–H and O–H groups in total. The first-order chi connectivity index (χ1) is 15.4.